The zero-order valence-electron chi connectivity index (χ0n) is 10.1. The lowest BCUT2D eigenvalue weighted by Gasteiger charge is -2.24. The van der Waals surface area contributed by atoms with Crippen LogP contribution in [0.15, 0.2) is 6.20 Å². The van der Waals surface area contributed by atoms with E-state index in [0.717, 1.165) is 12.2 Å². The van der Waals surface area contributed by atoms with Gasteiger partial charge in [0.05, 0.1) is 42.5 Å². The van der Waals surface area contributed by atoms with E-state index in [-0.39, 0.29) is 12.3 Å². The van der Waals surface area contributed by atoms with Crippen LogP contribution >= 0.6 is 0 Å². The van der Waals surface area contributed by atoms with Crippen molar-refractivity contribution in [2.24, 2.45) is 0 Å². The maximum absolute atomic E-state index is 11.9. The van der Waals surface area contributed by atoms with Gasteiger partial charge < -0.3 is 10.4 Å². The molecule has 2 N–H and O–H groups in total. The molecule has 0 saturated carbocycles. The number of aliphatic hydroxyl groups is 1. The summed E-state index contributed by atoms with van der Waals surface area (Å²) in [6.45, 7) is 3.50. The average molecular weight is 272 g/mol. The predicted octanol–water partition coefficient (Wildman–Crippen LogP) is -1.11. The molecule has 1 unspecified atom stereocenters. The Morgan fingerprint density at radius 3 is 2.94 bits per heavy atom. The highest BCUT2D eigenvalue weighted by Gasteiger charge is 2.37. The minimum atomic E-state index is -3.40. The minimum absolute atomic E-state index is 0.122. The van der Waals surface area contributed by atoms with Gasteiger partial charge in [-0.05, 0) is 6.92 Å². The molecule has 0 aliphatic carbocycles. The second-order valence-electron chi connectivity index (χ2n) is 4.90. The van der Waals surface area contributed by atoms with Crippen molar-refractivity contribution in [3.8, 4) is 0 Å². The van der Waals surface area contributed by atoms with Gasteiger partial charge in [0, 0.05) is 12.6 Å². The van der Waals surface area contributed by atoms with Crippen LogP contribution in [-0.2, 0) is 23.1 Å². The van der Waals surface area contributed by atoms with Crippen LogP contribution in [0.3, 0.4) is 0 Å². The van der Waals surface area contributed by atoms with E-state index in [9.17, 15) is 13.5 Å². The summed E-state index contributed by atoms with van der Waals surface area (Å²) in [5, 5.41) is 17.0. The number of nitrogens with zero attached hydrogens (tertiary/aromatic N) is 3. The summed E-state index contributed by atoms with van der Waals surface area (Å²) in [5.41, 5.74) is 1.46. The third-order valence-corrected chi connectivity index (χ3v) is 5.20. The highest BCUT2D eigenvalue weighted by atomic mass is 32.2. The summed E-state index contributed by atoms with van der Waals surface area (Å²) in [7, 11) is -3.40. The number of anilines is 1. The molecule has 0 bridgehead atoms. The number of sulfonamides is 1. The van der Waals surface area contributed by atoms with E-state index in [0.29, 0.717) is 18.3 Å². The normalized spacial score (nSPS) is 30.4. The van der Waals surface area contributed by atoms with Crippen molar-refractivity contribution in [1.82, 2.24) is 15.1 Å². The highest BCUT2D eigenvalue weighted by molar-refractivity contribution is 7.93. The van der Waals surface area contributed by atoms with Crippen molar-refractivity contribution >= 4 is 15.7 Å². The Labute approximate surface area is 105 Å². The summed E-state index contributed by atoms with van der Waals surface area (Å²) in [6, 6.07) is 0.325. The molecule has 3 heterocycles. The maximum Gasteiger partial charge on any atom is 0.237 e. The quantitative estimate of drug-likeness (QED) is 0.676. The zero-order valence-corrected chi connectivity index (χ0v) is 10.9. The molecule has 100 valence electrons. The van der Waals surface area contributed by atoms with Crippen LogP contribution in [0.1, 0.15) is 12.6 Å². The lowest BCUT2D eigenvalue weighted by Crippen LogP contribution is -2.38. The molecule has 2 atom stereocenters. The second kappa shape index (κ2) is 3.94. The number of aliphatic hydroxyl groups excluding tert-OH is 1. The zero-order chi connectivity index (χ0) is 12.9. The molecule has 0 radical (unpaired) electrons. The first-order chi connectivity index (χ1) is 8.47. The largest absolute Gasteiger partial charge is 0.390 e. The Morgan fingerprint density at radius 1 is 1.50 bits per heavy atom. The van der Waals surface area contributed by atoms with Crippen LogP contribution in [-0.4, -0.2) is 47.7 Å². The molecule has 1 fully saturated rings. The first kappa shape index (κ1) is 11.9. The van der Waals surface area contributed by atoms with Crippen molar-refractivity contribution in [2.45, 2.75) is 32.2 Å². The SMILES string of the molecule is C[C@H]1Cn2ncc(N3CC(O)CS3(=O)=O)c2CN1. The van der Waals surface area contributed by atoms with Crippen LogP contribution in [0, 0.1) is 0 Å². The highest BCUT2D eigenvalue weighted by Crippen LogP contribution is 2.29. The number of β-amino-alcohol motifs (C(OH)–C–C–N with tert-alkyl or cyclic N) is 1. The van der Waals surface area contributed by atoms with Crippen molar-refractivity contribution < 1.29 is 13.5 Å². The molecule has 2 aliphatic rings. The van der Waals surface area contributed by atoms with E-state index in [1.54, 1.807) is 6.20 Å². The molecular formula is C10H16N4O3S. The van der Waals surface area contributed by atoms with E-state index in [1.165, 1.54) is 4.31 Å². The fraction of sp³-hybridized carbons (Fsp3) is 0.700. The molecule has 0 aromatic carbocycles. The van der Waals surface area contributed by atoms with Gasteiger partial charge in [-0.2, -0.15) is 5.10 Å². The van der Waals surface area contributed by atoms with Gasteiger partial charge in [-0.3, -0.25) is 8.99 Å². The number of rotatable bonds is 1. The van der Waals surface area contributed by atoms with Gasteiger partial charge >= 0.3 is 0 Å². The molecular weight excluding hydrogens is 256 g/mol. The van der Waals surface area contributed by atoms with Crippen molar-refractivity contribution in [3.63, 3.8) is 0 Å². The van der Waals surface area contributed by atoms with Gasteiger partial charge in [-0.15, -0.1) is 0 Å². The Morgan fingerprint density at radius 2 is 2.28 bits per heavy atom. The molecule has 1 saturated heterocycles. The predicted molar refractivity (Wildman–Crippen MR) is 65.7 cm³/mol. The standard InChI is InChI=1S/C10H16N4O3S/c1-7-4-13-9(2-11-7)10(3-12-13)14-5-8(15)6-18(14,16)17/h3,7-8,11,15H,2,4-6H2,1H3/t7-,8?/m0/s1. The molecule has 3 rings (SSSR count). The Hall–Kier alpha value is -1.12. The van der Waals surface area contributed by atoms with Crippen LogP contribution in [0.25, 0.3) is 0 Å². The molecule has 0 spiro atoms. The molecule has 2 aliphatic heterocycles. The van der Waals surface area contributed by atoms with E-state index < -0.39 is 16.1 Å². The summed E-state index contributed by atoms with van der Waals surface area (Å²) in [6.07, 6.45) is 0.756. The van der Waals surface area contributed by atoms with Crippen molar-refractivity contribution in [3.05, 3.63) is 11.9 Å². The number of aromatic nitrogens is 2. The topological polar surface area (TPSA) is 87.5 Å². The van der Waals surface area contributed by atoms with E-state index in [2.05, 4.69) is 17.3 Å². The summed E-state index contributed by atoms with van der Waals surface area (Å²) < 4.78 is 27.0. The number of fused-ring (bicyclic) bond motifs is 1. The van der Waals surface area contributed by atoms with Crippen molar-refractivity contribution in [2.75, 3.05) is 16.6 Å². The summed E-state index contributed by atoms with van der Waals surface area (Å²) >= 11 is 0. The Kier molecular flexibility index (Phi) is 2.61. The number of nitrogens with one attached hydrogen (secondary N) is 1. The monoisotopic (exact) mass is 272 g/mol. The van der Waals surface area contributed by atoms with E-state index in [4.69, 9.17) is 0 Å². The molecule has 0 amide bonds. The summed E-state index contributed by atoms with van der Waals surface area (Å²) in [4.78, 5) is 0. The first-order valence-electron chi connectivity index (χ1n) is 5.94. The first-order valence-corrected chi connectivity index (χ1v) is 7.55. The third-order valence-electron chi connectivity index (χ3n) is 3.38. The van der Waals surface area contributed by atoms with E-state index >= 15 is 0 Å². The number of hydrogen-bond acceptors (Lipinski definition) is 5. The Bertz CT molecular complexity index is 568. The van der Waals surface area contributed by atoms with Crippen LogP contribution < -0.4 is 9.62 Å². The van der Waals surface area contributed by atoms with Gasteiger partial charge in [-0.1, -0.05) is 0 Å². The Balaban J connectivity index is 1.99. The van der Waals surface area contributed by atoms with Crippen LogP contribution in [0.4, 0.5) is 5.69 Å². The number of hydrogen-bond donors (Lipinski definition) is 2. The molecule has 8 heteroatoms. The maximum atomic E-state index is 11.9. The fourth-order valence-corrected chi connectivity index (χ4v) is 4.11. The van der Waals surface area contributed by atoms with Crippen LogP contribution in [0.2, 0.25) is 0 Å². The van der Waals surface area contributed by atoms with Gasteiger partial charge in [0.1, 0.15) is 0 Å². The minimum Gasteiger partial charge on any atom is -0.390 e. The average Bonchev–Trinajstić information content (AvgIpc) is 2.78. The second-order valence-corrected chi connectivity index (χ2v) is 6.84. The van der Waals surface area contributed by atoms with Crippen LogP contribution in [0.5, 0.6) is 0 Å². The van der Waals surface area contributed by atoms with Crippen molar-refractivity contribution in [1.29, 1.82) is 0 Å². The smallest absolute Gasteiger partial charge is 0.237 e. The lowest BCUT2D eigenvalue weighted by atomic mass is 10.2. The molecule has 7 nitrogen and oxygen atoms in total. The fourth-order valence-electron chi connectivity index (χ4n) is 2.48. The van der Waals surface area contributed by atoms with Gasteiger partial charge in [0.2, 0.25) is 10.0 Å². The third kappa shape index (κ3) is 1.80. The molecule has 1 aromatic rings. The molecule has 1 aromatic heterocycles. The van der Waals surface area contributed by atoms with Gasteiger partial charge in [-0.25, -0.2) is 8.42 Å². The van der Waals surface area contributed by atoms with Gasteiger partial charge in [0.15, 0.2) is 0 Å². The molecule has 18 heavy (non-hydrogen) atoms. The summed E-state index contributed by atoms with van der Waals surface area (Å²) in [5.74, 6) is -0.207. The lowest BCUT2D eigenvalue weighted by molar-refractivity contribution is 0.215. The van der Waals surface area contributed by atoms with Gasteiger partial charge in [0.25, 0.3) is 0 Å². The van der Waals surface area contributed by atoms with E-state index in [1.807, 2.05) is 4.68 Å².